The van der Waals surface area contributed by atoms with Crippen LogP contribution in [0, 0.1) is 6.92 Å². The average Bonchev–Trinajstić information content (AvgIpc) is 2.29. The number of anilines is 1. The second-order valence-corrected chi connectivity index (χ2v) is 4.33. The molecule has 86 valence electrons. The number of rotatable bonds is 3. The summed E-state index contributed by atoms with van der Waals surface area (Å²) in [6, 6.07) is 8.27. The number of benzene rings is 1. The summed E-state index contributed by atoms with van der Waals surface area (Å²) < 4.78 is 0. The van der Waals surface area contributed by atoms with Crippen molar-refractivity contribution >= 4 is 5.69 Å². The smallest absolute Gasteiger partial charge is 0.0386 e. The fraction of sp³-hybridized carbons (Fsp3) is 0.125. The average molecular weight is 223 g/mol. The lowest BCUT2D eigenvalue weighted by Crippen LogP contribution is -2.01. The number of hydrogen-bond acceptors (Lipinski definition) is 1. The molecule has 0 bridgehead atoms. The third-order valence-electron chi connectivity index (χ3n) is 2.74. The molecule has 1 aromatic carbocycles. The van der Waals surface area contributed by atoms with Crippen LogP contribution in [0.1, 0.15) is 12.0 Å². The van der Waals surface area contributed by atoms with Gasteiger partial charge in [0.15, 0.2) is 0 Å². The molecular formula is C16H17N. The van der Waals surface area contributed by atoms with Gasteiger partial charge < -0.3 is 5.32 Å². The number of hydrogen-bond donors (Lipinski definition) is 1. The topological polar surface area (TPSA) is 12.0 Å². The normalized spacial score (nSPS) is 14.4. The van der Waals surface area contributed by atoms with Gasteiger partial charge in [-0.05, 0) is 36.6 Å². The maximum Gasteiger partial charge on any atom is 0.0386 e. The third-order valence-corrected chi connectivity index (χ3v) is 2.74. The highest BCUT2D eigenvalue weighted by Gasteiger charge is 2.04. The SMILES string of the molecule is C=C1C=CC(C(=C)Nc2cccc(C)c2)=CC1. The zero-order chi connectivity index (χ0) is 12.3. The molecule has 1 aromatic rings. The van der Waals surface area contributed by atoms with E-state index in [0.717, 1.165) is 29.0 Å². The first-order valence-corrected chi connectivity index (χ1v) is 5.74. The molecule has 0 fully saturated rings. The van der Waals surface area contributed by atoms with E-state index >= 15 is 0 Å². The molecule has 0 saturated carbocycles. The van der Waals surface area contributed by atoms with Crippen molar-refractivity contribution in [2.45, 2.75) is 13.3 Å². The van der Waals surface area contributed by atoms with Gasteiger partial charge in [-0.15, -0.1) is 0 Å². The number of aryl methyl sites for hydroxylation is 1. The molecule has 1 aliphatic rings. The van der Waals surface area contributed by atoms with E-state index in [0.29, 0.717) is 0 Å². The van der Waals surface area contributed by atoms with E-state index in [9.17, 15) is 0 Å². The molecule has 0 aromatic heterocycles. The van der Waals surface area contributed by atoms with Crippen LogP contribution in [0.25, 0.3) is 0 Å². The molecule has 1 nitrogen and oxygen atoms in total. The summed E-state index contributed by atoms with van der Waals surface area (Å²) in [7, 11) is 0. The fourth-order valence-electron chi connectivity index (χ4n) is 1.78. The van der Waals surface area contributed by atoms with Crippen molar-refractivity contribution < 1.29 is 0 Å². The van der Waals surface area contributed by atoms with Crippen molar-refractivity contribution in [3.63, 3.8) is 0 Å². The van der Waals surface area contributed by atoms with Gasteiger partial charge in [0.1, 0.15) is 0 Å². The highest BCUT2D eigenvalue weighted by molar-refractivity contribution is 5.57. The Morgan fingerprint density at radius 1 is 1.29 bits per heavy atom. The first-order valence-electron chi connectivity index (χ1n) is 5.74. The quantitative estimate of drug-likeness (QED) is 0.802. The molecule has 0 radical (unpaired) electrons. The molecule has 0 saturated heterocycles. The van der Waals surface area contributed by atoms with Gasteiger partial charge in [-0.2, -0.15) is 0 Å². The summed E-state index contributed by atoms with van der Waals surface area (Å²) in [5.74, 6) is 0. The van der Waals surface area contributed by atoms with E-state index in [4.69, 9.17) is 0 Å². The van der Waals surface area contributed by atoms with Gasteiger partial charge in [0.05, 0.1) is 0 Å². The lowest BCUT2D eigenvalue weighted by molar-refractivity contribution is 1.23. The summed E-state index contributed by atoms with van der Waals surface area (Å²) in [5, 5.41) is 3.32. The minimum atomic E-state index is 0.903. The molecule has 1 heteroatoms. The molecule has 1 aliphatic carbocycles. The van der Waals surface area contributed by atoms with Crippen LogP contribution < -0.4 is 5.32 Å². The Balaban J connectivity index is 2.08. The molecule has 0 amide bonds. The molecular weight excluding hydrogens is 206 g/mol. The van der Waals surface area contributed by atoms with Crippen LogP contribution in [0.4, 0.5) is 5.69 Å². The van der Waals surface area contributed by atoms with E-state index in [1.165, 1.54) is 5.56 Å². The molecule has 0 atom stereocenters. The Bertz CT molecular complexity index is 518. The van der Waals surface area contributed by atoms with Crippen LogP contribution in [0.5, 0.6) is 0 Å². The van der Waals surface area contributed by atoms with E-state index in [-0.39, 0.29) is 0 Å². The molecule has 0 spiro atoms. The maximum atomic E-state index is 4.07. The van der Waals surface area contributed by atoms with E-state index < -0.39 is 0 Å². The van der Waals surface area contributed by atoms with E-state index in [1.807, 2.05) is 18.2 Å². The minimum Gasteiger partial charge on any atom is -0.356 e. The summed E-state index contributed by atoms with van der Waals surface area (Å²) in [6.45, 7) is 10.1. The number of nitrogens with one attached hydrogen (secondary N) is 1. The first-order chi connectivity index (χ1) is 8.15. The van der Waals surface area contributed by atoms with Crippen molar-refractivity contribution in [1.82, 2.24) is 0 Å². The fourth-order valence-corrected chi connectivity index (χ4v) is 1.78. The van der Waals surface area contributed by atoms with E-state index in [2.05, 4.69) is 49.7 Å². The van der Waals surface area contributed by atoms with Crippen molar-refractivity contribution in [3.8, 4) is 0 Å². The van der Waals surface area contributed by atoms with Crippen LogP contribution in [-0.4, -0.2) is 0 Å². The lowest BCUT2D eigenvalue weighted by Gasteiger charge is -2.14. The molecule has 0 heterocycles. The monoisotopic (exact) mass is 223 g/mol. The van der Waals surface area contributed by atoms with Crippen LogP contribution >= 0.6 is 0 Å². The zero-order valence-electron chi connectivity index (χ0n) is 10.2. The predicted octanol–water partition coefficient (Wildman–Crippen LogP) is 4.36. The highest BCUT2D eigenvalue weighted by atomic mass is 14.9. The van der Waals surface area contributed by atoms with Gasteiger partial charge in [0.2, 0.25) is 0 Å². The van der Waals surface area contributed by atoms with Crippen molar-refractivity contribution in [1.29, 1.82) is 0 Å². The minimum absolute atomic E-state index is 0.903. The zero-order valence-corrected chi connectivity index (χ0v) is 10.2. The van der Waals surface area contributed by atoms with Gasteiger partial charge >= 0.3 is 0 Å². The molecule has 0 aliphatic heterocycles. The van der Waals surface area contributed by atoms with Crippen molar-refractivity contribution in [2.24, 2.45) is 0 Å². The second kappa shape index (κ2) is 4.88. The Morgan fingerprint density at radius 2 is 2.12 bits per heavy atom. The van der Waals surface area contributed by atoms with Gasteiger partial charge in [0, 0.05) is 11.4 Å². The summed E-state index contributed by atoms with van der Waals surface area (Å²) >= 11 is 0. The highest BCUT2D eigenvalue weighted by Crippen LogP contribution is 2.21. The van der Waals surface area contributed by atoms with Gasteiger partial charge in [-0.1, -0.05) is 49.1 Å². The summed E-state index contributed by atoms with van der Waals surface area (Å²) in [5.41, 5.74) is 5.52. The molecule has 17 heavy (non-hydrogen) atoms. The summed E-state index contributed by atoms with van der Waals surface area (Å²) in [6.07, 6.45) is 7.14. The largest absolute Gasteiger partial charge is 0.356 e. The molecule has 2 rings (SSSR count). The molecule has 1 N–H and O–H groups in total. The van der Waals surface area contributed by atoms with Crippen molar-refractivity contribution in [3.05, 3.63) is 78.1 Å². The first kappa shape index (κ1) is 11.5. The second-order valence-electron chi connectivity index (χ2n) is 4.33. The van der Waals surface area contributed by atoms with Crippen molar-refractivity contribution in [2.75, 3.05) is 5.32 Å². The van der Waals surface area contributed by atoms with Gasteiger partial charge in [0.25, 0.3) is 0 Å². The summed E-state index contributed by atoms with van der Waals surface area (Å²) in [4.78, 5) is 0. The predicted molar refractivity (Wildman–Crippen MR) is 74.9 cm³/mol. The van der Waals surface area contributed by atoms with Crippen LogP contribution in [0.3, 0.4) is 0 Å². The van der Waals surface area contributed by atoms with Gasteiger partial charge in [-0.25, -0.2) is 0 Å². The number of allylic oxidation sites excluding steroid dienone is 4. The standard InChI is InChI=1S/C16H17N/c1-12-7-9-15(10-8-12)14(3)17-16-6-4-5-13(2)11-16/h4-7,9-11,17H,1,3,8H2,2H3. The third kappa shape index (κ3) is 2.97. The lowest BCUT2D eigenvalue weighted by atomic mass is 10.0. The Kier molecular flexibility index (Phi) is 3.29. The van der Waals surface area contributed by atoms with Crippen LogP contribution in [0.2, 0.25) is 0 Å². The molecule has 0 unspecified atom stereocenters. The van der Waals surface area contributed by atoms with Crippen LogP contribution in [0.15, 0.2) is 72.5 Å². The Hall–Kier alpha value is -2.02. The van der Waals surface area contributed by atoms with Gasteiger partial charge in [-0.3, -0.25) is 0 Å². The maximum absolute atomic E-state index is 4.07. The van der Waals surface area contributed by atoms with Crippen LogP contribution in [-0.2, 0) is 0 Å². The Morgan fingerprint density at radius 3 is 2.76 bits per heavy atom. The Labute approximate surface area is 103 Å². The van der Waals surface area contributed by atoms with E-state index in [1.54, 1.807) is 0 Å².